The van der Waals surface area contributed by atoms with Crippen LogP contribution in [0.2, 0.25) is 0 Å². The van der Waals surface area contributed by atoms with Crippen molar-refractivity contribution in [2.45, 2.75) is 19.4 Å². The van der Waals surface area contributed by atoms with Gasteiger partial charge < -0.3 is 4.74 Å². The van der Waals surface area contributed by atoms with Gasteiger partial charge in [0, 0.05) is 16.1 Å². The molecule has 0 radical (unpaired) electrons. The number of hydrogen-bond acceptors (Lipinski definition) is 4. The van der Waals surface area contributed by atoms with Crippen molar-refractivity contribution in [2.75, 3.05) is 17.2 Å². The summed E-state index contributed by atoms with van der Waals surface area (Å²) in [6.45, 7) is 1.52. The molecule has 0 amide bonds. The first kappa shape index (κ1) is 18.8. The van der Waals surface area contributed by atoms with Crippen LogP contribution in [0.1, 0.15) is 22.8 Å². The molecule has 0 bridgehead atoms. The summed E-state index contributed by atoms with van der Waals surface area (Å²) < 4.78 is 44.9. The summed E-state index contributed by atoms with van der Waals surface area (Å²) in [5.41, 5.74) is 1.80. The average Bonchev–Trinajstić information content (AvgIpc) is 2.88. The number of hydrogen-bond donors (Lipinski definition) is 0. The zero-order chi connectivity index (χ0) is 19.1. The van der Waals surface area contributed by atoms with Crippen LogP contribution < -0.4 is 9.04 Å². The fourth-order valence-electron chi connectivity index (χ4n) is 3.10. The predicted octanol–water partition coefficient (Wildman–Crippen LogP) is 3.56. The number of ketones is 1. The molecule has 1 aliphatic heterocycles. The van der Waals surface area contributed by atoms with Gasteiger partial charge in [-0.15, -0.1) is 0 Å². The first-order valence-electron chi connectivity index (χ1n) is 7.90. The van der Waals surface area contributed by atoms with Gasteiger partial charge >= 0.3 is 0 Å². The van der Waals surface area contributed by atoms with Crippen LogP contribution in [0.25, 0.3) is 0 Å². The summed E-state index contributed by atoms with van der Waals surface area (Å²) in [5, 5.41) is 0. The third-order valence-electron chi connectivity index (χ3n) is 4.16. The van der Waals surface area contributed by atoms with Crippen LogP contribution in [0.3, 0.4) is 0 Å². The van der Waals surface area contributed by atoms with E-state index in [1.807, 2.05) is 6.92 Å². The lowest BCUT2D eigenvalue weighted by atomic mass is 10.0. The summed E-state index contributed by atoms with van der Waals surface area (Å²) >= 11 is 3.16. The predicted molar refractivity (Wildman–Crippen MR) is 101 cm³/mol. The Kier molecular flexibility index (Phi) is 5.07. The normalized spacial score (nSPS) is 16.5. The number of anilines is 1. The second-order valence-electron chi connectivity index (χ2n) is 6.24. The van der Waals surface area contributed by atoms with E-state index in [9.17, 15) is 17.6 Å². The summed E-state index contributed by atoms with van der Waals surface area (Å²) in [4.78, 5) is 12.4. The molecule has 3 rings (SSSR count). The maximum absolute atomic E-state index is 13.8. The van der Waals surface area contributed by atoms with Gasteiger partial charge in [0.1, 0.15) is 0 Å². The highest BCUT2D eigenvalue weighted by atomic mass is 79.9. The molecule has 2 aromatic carbocycles. The van der Waals surface area contributed by atoms with E-state index in [0.717, 1.165) is 11.8 Å². The number of carbonyl (C=O) groups is 1. The third-order valence-corrected chi connectivity index (χ3v) is 5.93. The van der Waals surface area contributed by atoms with Crippen LogP contribution in [-0.2, 0) is 16.4 Å². The highest BCUT2D eigenvalue weighted by molar-refractivity contribution is 9.10. The Morgan fingerprint density at radius 2 is 2.04 bits per heavy atom. The molecule has 2 aromatic rings. The highest BCUT2D eigenvalue weighted by Crippen LogP contribution is 2.34. The van der Waals surface area contributed by atoms with Gasteiger partial charge in [0.15, 0.2) is 24.0 Å². The van der Waals surface area contributed by atoms with Crippen LogP contribution in [0.15, 0.2) is 40.9 Å². The minimum absolute atomic E-state index is 0.000385. The molecule has 138 valence electrons. The molecule has 8 heteroatoms. The first-order chi connectivity index (χ1) is 12.2. The molecule has 0 unspecified atom stereocenters. The Balaban J connectivity index is 1.77. The summed E-state index contributed by atoms with van der Waals surface area (Å²) in [6.07, 6.45) is 1.70. The van der Waals surface area contributed by atoms with E-state index in [-0.39, 0.29) is 24.2 Å². The number of Topliss-reactive ketones (excluding diaryl/α,β-unsaturated/α-hetero) is 1. The number of fused-ring (bicyclic) bond motifs is 1. The van der Waals surface area contributed by atoms with Crippen molar-refractivity contribution >= 4 is 37.4 Å². The lowest BCUT2D eigenvalue weighted by molar-refractivity contribution is 0.0918. The van der Waals surface area contributed by atoms with E-state index in [1.54, 1.807) is 24.3 Å². The lowest BCUT2D eigenvalue weighted by Crippen LogP contribution is -2.34. The van der Waals surface area contributed by atoms with Crippen molar-refractivity contribution in [3.63, 3.8) is 0 Å². The molecule has 0 saturated heterocycles. The number of benzene rings is 2. The second-order valence-corrected chi connectivity index (χ2v) is 9.02. The van der Waals surface area contributed by atoms with E-state index < -0.39 is 15.8 Å². The Bertz CT molecular complexity index is 977. The molecule has 0 aliphatic carbocycles. The molecular weight excluding hydrogens is 425 g/mol. The molecule has 0 spiro atoms. The van der Waals surface area contributed by atoms with Crippen LogP contribution in [0, 0.1) is 5.82 Å². The summed E-state index contributed by atoms with van der Waals surface area (Å²) in [7, 11) is -3.37. The van der Waals surface area contributed by atoms with Gasteiger partial charge in [-0.05, 0) is 55.3 Å². The highest BCUT2D eigenvalue weighted by Gasteiger charge is 2.32. The maximum atomic E-state index is 13.8. The van der Waals surface area contributed by atoms with Crippen molar-refractivity contribution in [3.8, 4) is 5.75 Å². The Hall–Kier alpha value is -1.93. The van der Waals surface area contributed by atoms with Gasteiger partial charge in [0.2, 0.25) is 10.0 Å². The second kappa shape index (κ2) is 7.00. The number of halogens is 2. The molecule has 1 heterocycles. The molecule has 0 N–H and O–H groups in total. The van der Waals surface area contributed by atoms with E-state index in [4.69, 9.17) is 4.74 Å². The molecule has 1 aliphatic rings. The van der Waals surface area contributed by atoms with E-state index in [1.165, 1.54) is 16.4 Å². The van der Waals surface area contributed by atoms with Crippen LogP contribution >= 0.6 is 15.9 Å². The quantitative estimate of drug-likeness (QED) is 0.665. The van der Waals surface area contributed by atoms with Gasteiger partial charge in [-0.25, -0.2) is 12.8 Å². The summed E-state index contributed by atoms with van der Waals surface area (Å²) in [6, 6.07) is 9.02. The zero-order valence-corrected chi connectivity index (χ0v) is 16.6. The smallest absolute Gasteiger partial charge is 0.232 e. The number of carbonyl (C=O) groups excluding carboxylic acids is 1. The monoisotopic (exact) mass is 441 g/mol. The molecule has 5 nitrogen and oxygen atoms in total. The van der Waals surface area contributed by atoms with Crippen LogP contribution in [0.5, 0.6) is 5.75 Å². The fourth-order valence-corrected chi connectivity index (χ4v) is 4.70. The molecule has 1 atom stereocenters. The van der Waals surface area contributed by atoms with E-state index in [2.05, 4.69) is 15.9 Å². The molecule has 0 aromatic heterocycles. The number of rotatable bonds is 5. The number of ether oxygens (including phenoxy) is 1. The van der Waals surface area contributed by atoms with Crippen molar-refractivity contribution < 1.29 is 22.3 Å². The van der Waals surface area contributed by atoms with Gasteiger partial charge in [-0.1, -0.05) is 15.9 Å². The van der Waals surface area contributed by atoms with Crippen LogP contribution in [-0.4, -0.2) is 33.1 Å². The van der Waals surface area contributed by atoms with Gasteiger partial charge in [0.25, 0.3) is 0 Å². The lowest BCUT2D eigenvalue weighted by Gasteiger charge is -2.21. The van der Waals surface area contributed by atoms with E-state index in [0.29, 0.717) is 22.1 Å². The SMILES string of the molecule is C[C@H]1Cc2cc(C(=O)COc3ccc(Br)cc3F)ccc2N1S(C)(=O)=O. The van der Waals surface area contributed by atoms with Crippen molar-refractivity contribution in [3.05, 3.63) is 57.8 Å². The average molecular weight is 442 g/mol. The Morgan fingerprint density at radius 3 is 2.69 bits per heavy atom. The summed E-state index contributed by atoms with van der Waals surface area (Å²) in [5.74, 6) is -0.862. The first-order valence-corrected chi connectivity index (χ1v) is 10.5. The minimum atomic E-state index is -3.37. The van der Waals surface area contributed by atoms with Crippen molar-refractivity contribution in [1.29, 1.82) is 0 Å². The molecule has 0 saturated carbocycles. The minimum Gasteiger partial charge on any atom is -0.482 e. The van der Waals surface area contributed by atoms with Crippen molar-refractivity contribution in [2.24, 2.45) is 0 Å². The largest absolute Gasteiger partial charge is 0.482 e. The van der Waals surface area contributed by atoms with Gasteiger partial charge in [0.05, 0.1) is 11.9 Å². The number of nitrogens with zero attached hydrogens (tertiary/aromatic N) is 1. The Labute approximate surface area is 160 Å². The Morgan fingerprint density at radius 1 is 1.31 bits per heavy atom. The molecular formula is C18H17BrFNO4S. The standard InChI is InChI=1S/C18H17BrFNO4S/c1-11-7-13-8-12(3-5-16(13)21(11)26(2,23)24)17(22)10-25-18-6-4-14(19)9-15(18)20/h3-6,8-9,11H,7,10H2,1-2H3/t11-/m0/s1. The maximum Gasteiger partial charge on any atom is 0.232 e. The number of sulfonamides is 1. The van der Waals surface area contributed by atoms with E-state index >= 15 is 0 Å². The van der Waals surface area contributed by atoms with Gasteiger partial charge in [-0.3, -0.25) is 9.10 Å². The molecule has 26 heavy (non-hydrogen) atoms. The topological polar surface area (TPSA) is 63.7 Å². The fraction of sp³-hybridized carbons (Fsp3) is 0.278. The third kappa shape index (κ3) is 3.76. The van der Waals surface area contributed by atoms with Gasteiger partial charge in [-0.2, -0.15) is 0 Å². The molecule has 0 fully saturated rings. The van der Waals surface area contributed by atoms with Crippen molar-refractivity contribution in [1.82, 2.24) is 0 Å². The van der Waals surface area contributed by atoms with Crippen LogP contribution in [0.4, 0.5) is 10.1 Å². The zero-order valence-electron chi connectivity index (χ0n) is 14.2.